The number of methoxy groups -OCH3 is 1. The number of ether oxygens (including phenoxy) is 2. The molecule has 2 aromatic rings. The SMILES string of the molecule is CCCCCCCCCCCCCCCCOc1ccc(C(=O)N(CCCc2cccc[n+]2C)C(C)=O)cc1OC.[I-]. The summed E-state index contributed by atoms with van der Waals surface area (Å²) in [5.74, 6) is 0.571. The summed E-state index contributed by atoms with van der Waals surface area (Å²) in [6.07, 6.45) is 22.0. The van der Waals surface area contributed by atoms with Crippen LogP contribution >= 0.6 is 0 Å². The summed E-state index contributed by atoms with van der Waals surface area (Å²) in [6.45, 7) is 4.70. The van der Waals surface area contributed by atoms with Crippen LogP contribution in [0.5, 0.6) is 11.5 Å². The molecule has 6 nitrogen and oxygen atoms in total. The van der Waals surface area contributed by atoms with E-state index in [9.17, 15) is 9.59 Å². The minimum atomic E-state index is -0.313. The van der Waals surface area contributed by atoms with Crippen LogP contribution in [-0.4, -0.2) is 37.0 Å². The third-order valence-electron chi connectivity index (χ3n) is 7.77. The van der Waals surface area contributed by atoms with E-state index in [1.807, 2.05) is 25.4 Å². The molecule has 1 heterocycles. The maximum absolute atomic E-state index is 13.2. The molecular formula is C35H55IN2O4. The minimum Gasteiger partial charge on any atom is -1.00 e. The van der Waals surface area contributed by atoms with E-state index in [2.05, 4.69) is 17.6 Å². The first-order chi connectivity index (χ1) is 20.0. The van der Waals surface area contributed by atoms with Crippen molar-refractivity contribution in [2.45, 2.75) is 117 Å². The number of nitrogens with zero attached hydrogens (tertiary/aromatic N) is 2. The van der Waals surface area contributed by atoms with E-state index in [-0.39, 0.29) is 35.8 Å². The zero-order valence-corrected chi connectivity index (χ0v) is 28.8. The quantitative estimate of drug-likeness (QED) is 0.0990. The Bertz CT molecular complexity index is 1030. The van der Waals surface area contributed by atoms with Gasteiger partial charge in [0.2, 0.25) is 5.91 Å². The predicted molar refractivity (Wildman–Crippen MR) is 166 cm³/mol. The van der Waals surface area contributed by atoms with E-state index in [0.717, 1.165) is 25.0 Å². The highest BCUT2D eigenvalue weighted by molar-refractivity contribution is 6.04. The highest BCUT2D eigenvalue weighted by atomic mass is 127. The van der Waals surface area contributed by atoms with Crippen molar-refractivity contribution < 1.29 is 47.6 Å². The summed E-state index contributed by atoms with van der Waals surface area (Å²) in [4.78, 5) is 26.8. The molecule has 1 aromatic heterocycles. The van der Waals surface area contributed by atoms with Crippen molar-refractivity contribution in [2.75, 3.05) is 20.3 Å². The average molecular weight is 695 g/mol. The number of pyridine rings is 1. The van der Waals surface area contributed by atoms with E-state index in [4.69, 9.17) is 9.47 Å². The molecule has 7 heteroatoms. The van der Waals surface area contributed by atoms with Gasteiger partial charge in [0, 0.05) is 37.6 Å². The average Bonchev–Trinajstić information content (AvgIpc) is 2.97. The molecule has 2 rings (SSSR count). The fraction of sp³-hybridized carbons (Fsp3) is 0.629. The number of amides is 2. The standard InChI is InChI=1S/C35H55N2O4.HI/c1-5-6-7-8-9-10-11-12-13-14-15-16-17-20-28-41-33-25-24-31(29-34(33)40-4)35(39)37(30(2)38)27-21-23-32-22-18-19-26-36(32)3;/h18-19,22,24-26,29H,5-17,20-21,23,27-28H2,1-4H3;1H/q+1;/p-1. The first-order valence-electron chi connectivity index (χ1n) is 16.0. The van der Waals surface area contributed by atoms with Gasteiger partial charge in [-0.2, -0.15) is 0 Å². The fourth-order valence-corrected chi connectivity index (χ4v) is 5.19. The number of aryl methyl sites for hydroxylation is 2. The van der Waals surface area contributed by atoms with Crippen LogP contribution in [0.2, 0.25) is 0 Å². The van der Waals surface area contributed by atoms with Crippen LogP contribution in [0.25, 0.3) is 0 Å². The monoisotopic (exact) mass is 694 g/mol. The lowest BCUT2D eigenvalue weighted by Gasteiger charge is -2.20. The van der Waals surface area contributed by atoms with Gasteiger partial charge in [-0.15, -0.1) is 0 Å². The molecule has 42 heavy (non-hydrogen) atoms. The molecule has 0 fully saturated rings. The first-order valence-corrected chi connectivity index (χ1v) is 16.0. The molecule has 0 aliphatic heterocycles. The Hall–Kier alpha value is -2.16. The predicted octanol–water partition coefficient (Wildman–Crippen LogP) is 5.01. The van der Waals surface area contributed by atoms with Gasteiger partial charge in [-0.05, 0) is 31.0 Å². The molecule has 0 atom stereocenters. The molecular weight excluding hydrogens is 639 g/mol. The second-order valence-corrected chi connectivity index (χ2v) is 11.2. The van der Waals surface area contributed by atoms with Crippen LogP contribution in [0.3, 0.4) is 0 Å². The summed E-state index contributed by atoms with van der Waals surface area (Å²) in [5, 5.41) is 0. The van der Waals surface area contributed by atoms with Crippen molar-refractivity contribution in [3.8, 4) is 11.5 Å². The van der Waals surface area contributed by atoms with Crippen molar-refractivity contribution in [1.82, 2.24) is 4.90 Å². The fourth-order valence-electron chi connectivity index (χ4n) is 5.19. The minimum absolute atomic E-state index is 0. The molecule has 0 saturated carbocycles. The summed E-state index contributed by atoms with van der Waals surface area (Å²) in [6, 6.07) is 11.2. The van der Waals surface area contributed by atoms with Gasteiger partial charge >= 0.3 is 0 Å². The lowest BCUT2D eigenvalue weighted by atomic mass is 10.0. The Morgan fingerprint density at radius 2 is 1.38 bits per heavy atom. The molecule has 0 spiro atoms. The number of carbonyl (C=O) groups excluding carboxylic acids is 2. The summed E-state index contributed by atoms with van der Waals surface area (Å²) < 4.78 is 13.6. The highest BCUT2D eigenvalue weighted by Gasteiger charge is 2.21. The molecule has 236 valence electrons. The number of hydrogen-bond acceptors (Lipinski definition) is 4. The van der Waals surface area contributed by atoms with Gasteiger partial charge in [0.25, 0.3) is 5.91 Å². The van der Waals surface area contributed by atoms with Gasteiger partial charge in [-0.25, -0.2) is 4.57 Å². The van der Waals surface area contributed by atoms with Gasteiger partial charge in [0.15, 0.2) is 23.4 Å². The second-order valence-electron chi connectivity index (χ2n) is 11.2. The Morgan fingerprint density at radius 1 is 0.786 bits per heavy atom. The van der Waals surface area contributed by atoms with Gasteiger partial charge in [-0.1, -0.05) is 96.5 Å². The van der Waals surface area contributed by atoms with Gasteiger partial charge < -0.3 is 33.5 Å². The second kappa shape index (κ2) is 23.3. The van der Waals surface area contributed by atoms with Gasteiger partial charge in [0.05, 0.1) is 13.7 Å². The highest BCUT2D eigenvalue weighted by Crippen LogP contribution is 2.29. The molecule has 0 aliphatic rings. The van der Waals surface area contributed by atoms with Crippen LogP contribution in [-0.2, 0) is 18.3 Å². The number of imide groups is 1. The molecule has 1 aromatic carbocycles. The van der Waals surface area contributed by atoms with E-state index in [1.54, 1.807) is 25.3 Å². The smallest absolute Gasteiger partial charge is 0.260 e. The zero-order valence-electron chi connectivity index (χ0n) is 26.7. The van der Waals surface area contributed by atoms with Crippen LogP contribution in [0.4, 0.5) is 0 Å². The number of rotatable bonds is 22. The van der Waals surface area contributed by atoms with E-state index in [1.165, 1.54) is 88.9 Å². The Kier molecular flexibility index (Phi) is 21.0. The van der Waals surface area contributed by atoms with Crippen molar-refractivity contribution in [3.63, 3.8) is 0 Å². The number of hydrogen-bond donors (Lipinski definition) is 0. The largest absolute Gasteiger partial charge is 1.00 e. The summed E-state index contributed by atoms with van der Waals surface area (Å²) >= 11 is 0. The van der Waals surface area contributed by atoms with E-state index < -0.39 is 0 Å². The normalized spacial score (nSPS) is 10.7. The molecule has 0 aliphatic carbocycles. The summed E-state index contributed by atoms with van der Waals surface area (Å²) in [5.41, 5.74) is 1.58. The molecule has 0 saturated heterocycles. The lowest BCUT2D eigenvalue weighted by molar-refractivity contribution is -0.679. The van der Waals surface area contributed by atoms with Crippen molar-refractivity contribution in [2.24, 2.45) is 7.05 Å². The van der Waals surface area contributed by atoms with Crippen LogP contribution in [0.1, 0.15) is 126 Å². The third-order valence-corrected chi connectivity index (χ3v) is 7.77. The van der Waals surface area contributed by atoms with Crippen molar-refractivity contribution in [3.05, 3.63) is 53.9 Å². The topological polar surface area (TPSA) is 59.7 Å². The van der Waals surface area contributed by atoms with Crippen LogP contribution < -0.4 is 38.0 Å². The maximum Gasteiger partial charge on any atom is 0.260 e. The van der Waals surface area contributed by atoms with Crippen molar-refractivity contribution in [1.29, 1.82) is 0 Å². The Labute approximate surface area is 272 Å². The molecule has 2 amide bonds. The number of unbranched alkanes of at least 4 members (excludes halogenated alkanes) is 13. The van der Waals surface area contributed by atoms with Gasteiger partial charge in [-0.3, -0.25) is 14.5 Å². The van der Waals surface area contributed by atoms with Crippen LogP contribution in [0.15, 0.2) is 42.6 Å². The van der Waals surface area contributed by atoms with Crippen LogP contribution in [0, 0.1) is 0 Å². The molecule has 0 radical (unpaired) electrons. The molecule has 0 N–H and O–H groups in total. The van der Waals surface area contributed by atoms with E-state index >= 15 is 0 Å². The lowest BCUT2D eigenvalue weighted by Crippen LogP contribution is -3.00. The Morgan fingerprint density at radius 3 is 1.93 bits per heavy atom. The number of benzene rings is 1. The molecule has 0 bridgehead atoms. The number of halogens is 1. The van der Waals surface area contributed by atoms with Crippen molar-refractivity contribution >= 4 is 11.8 Å². The van der Waals surface area contributed by atoms with Gasteiger partial charge in [0.1, 0.15) is 7.05 Å². The molecule has 0 unspecified atom stereocenters. The Balaban J connectivity index is 0.00000882. The maximum atomic E-state index is 13.2. The number of carbonyl (C=O) groups is 2. The number of aromatic nitrogens is 1. The van der Waals surface area contributed by atoms with E-state index in [0.29, 0.717) is 36.6 Å². The first kappa shape index (κ1) is 37.9. The third kappa shape index (κ3) is 14.8. The summed E-state index contributed by atoms with van der Waals surface area (Å²) in [7, 11) is 3.57. The zero-order chi connectivity index (χ0) is 29.7.